The Morgan fingerprint density at radius 1 is 1.45 bits per heavy atom. The standard InChI is InChI=1S/C14H19FN2O3/c1-3-4-10(16)8-13(18)17-12-6-5-9(15)7-11(12)14(19)20-2/h5-7,10H,3-4,8,16H2,1-2H3,(H,17,18). The van der Waals surface area contributed by atoms with E-state index in [1.165, 1.54) is 13.2 Å². The van der Waals surface area contributed by atoms with Crippen LogP contribution in [0.25, 0.3) is 0 Å². The summed E-state index contributed by atoms with van der Waals surface area (Å²) in [6.45, 7) is 1.98. The normalized spacial score (nSPS) is 11.8. The first-order valence-corrected chi connectivity index (χ1v) is 6.41. The summed E-state index contributed by atoms with van der Waals surface area (Å²) < 4.78 is 17.7. The SMILES string of the molecule is CCCC(N)CC(=O)Nc1ccc(F)cc1C(=O)OC. The molecule has 0 spiro atoms. The molecule has 0 heterocycles. The van der Waals surface area contributed by atoms with Crippen molar-refractivity contribution >= 4 is 17.6 Å². The Labute approximate surface area is 117 Å². The van der Waals surface area contributed by atoms with Gasteiger partial charge in [-0.3, -0.25) is 4.79 Å². The maximum atomic E-state index is 13.2. The first-order valence-electron chi connectivity index (χ1n) is 6.41. The number of anilines is 1. The molecule has 0 saturated carbocycles. The lowest BCUT2D eigenvalue weighted by Gasteiger charge is -2.12. The highest BCUT2D eigenvalue weighted by molar-refractivity contribution is 6.01. The molecule has 1 aromatic rings. The van der Waals surface area contributed by atoms with E-state index in [1.54, 1.807) is 0 Å². The van der Waals surface area contributed by atoms with Crippen LogP contribution in [0.4, 0.5) is 10.1 Å². The molecule has 1 atom stereocenters. The molecule has 1 rings (SSSR count). The van der Waals surface area contributed by atoms with E-state index in [1.807, 2.05) is 6.92 Å². The summed E-state index contributed by atoms with van der Waals surface area (Å²) in [6.07, 6.45) is 1.77. The molecule has 1 aromatic carbocycles. The Morgan fingerprint density at radius 2 is 2.15 bits per heavy atom. The number of carbonyl (C=O) groups excluding carboxylic acids is 2. The van der Waals surface area contributed by atoms with Crippen molar-refractivity contribution in [3.05, 3.63) is 29.6 Å². The minimum Gasteiger partial charge on any atom is -0.465 e. The maximum Gasteiger partial charge on any atom is 0.340 e. The quantitative estimate of drug-likeness (QED) is 0.783. The number of nitrogens with two attached hydrogens (primary N) is 1. The fourth-order valence-corrected chi connectivity index (χ4v) is 1.82. The number of ether oxygens (including phenoxy) is 1. The van der Waals surface area contributed by atoms with Crippen molar-refractivity contribution in [3.63, 3.8) is 0 Å². The molecule has 0 aliphatic carbocycles. The van der Waals surface area contributed by atoms with Gasteiger partial charge < -0.3 is 15.8 Å². The summed E-state index contributed by atoms with van der Waals surface area (Å²) >= 11 is 0. The van der Waals surface area contributed by atoms with Gasteiger partial charge in [0, 0.05) is 12.5 Å². The maximum absolute atomic E-state index is 13.2. The van der Waals surface area contributed by atoms with Crippen LogP contribution in [0.3, 0.4) is 0 Å². The second kappa shape index (κ2) is 7.59. The van der Waals surface area contributed by atoms with Gasteiger partial charge in [0.1, 0.15) is 5.82 Å². The average molecular weight is 282 g/mol. The summed E-state index contributed by atoms with van der Waals surface area (Å²) in [4.78, 5) is 23.3. The molecule has 1 amide bonds. The van der Waals surface area contributed by atoms with Gasteiger partial charge in [-0.2, -0.15) is 0 Å². The molecule has 5 nitrogen and oxygen atoms in total. The summed E-state index contributed by atoms with van der Waals surface area (Å²) in [5.41, 5.74) is 5.97. The summed E-state index contributed by atoms with van der Waals surface area (Å²) in [7, 11) is 1.19. The van der Waals surface area contributed by atoms with E-state index in [9.17, 15) is 14.0 Å². The topological polar surface area (TPSA) is 81.4 Å². The third-order valence-electron chi connectivity index (χ3n) is 2.77. The number of carbonyl (C=O) groups is 2. The van der Waals surface area contributed by atoms with Crippen molar-refractivity contribution in [3.8, 4) is 0 Å². The Morgan fingerprint density at radius 3 is 2.75 bits per heavy atom. The van der Waals surface area contributed by atoms with Crippen LogP contribution in [0.5, 0.6) is 0 Å². The smallest absolute Gasteiger partial charge is 0.340 e. The van der Waals surface area contributed by atoms with Crippen LogP contribution in [-0.4, -0.2) is 25.0 Å². The fraction of sp³-hybridized carbons (Fsp3) is 0.429. The average Bonchev–Trinajstić information content (AvgIpc) is 2.40. The van der Waals surface area contributed by atoms with Crippen molar-refractivity contribution in [2.45, 2.75) is 32.2 Å². The number of benzene rings is 1. The molecule has 0 radical (unpaired) electrons. The molecule has 0 aliphatic heterocycles. The summed E-state index contributed by atoms with van der Waals surface area (Å²) in [5, 5.41) is 2.56. The van der Waals surface area contributed by atoms with E-state index in [4.69, 9.17) is 5.73 Å². The van der Waals surface area contributed by atoms with Gasteiger partial charge in [0.2, 0.25) is 5.91 Å². The number of amides is 1. The Balaban J connectivity index is 2.81. The molecule has 6 heteroatoms. The minimum atomic E-state index is -0.711. The minimum absolute atomic E-state index is 0.0232. The van der Waals surface area contributed by atoms with Crippen molar-refractivity contribution in [1.29, 1.82) is 0 Å². The highest BCUT2D eigenvalue weighted by Crippen LogP contribution is 2.18. The molecule has 0 bridgehead atoms. The molecule has 0 aliphatic rings. The molecule has 110 valence electrons. The fourth-order valence-electron chi connectivity index (χ4n) is 1.82. The largest absolute Gasteiger partial charge is 0.465 e. The second-order valence-corrected chi connectivity index (χ2v) is 4.48. The van der Waals surface area contributed by atoms with E-state index < -0.39 is 11.8 Å². The number of esters is 1. The number of hydrogen-bond donors (Lipinski definition) is 2. The van der Waals surface area contributed by atoms with Gasteiger partial charge in [0.15, 0.2) is 0 Å². The molecule has 0 aromatic heterocycles. The zero-order valence-corrected chi connectivity index (χ0v) is 11.6. The first-order chi connectivity index (χ1) is 9.47. The van der Waals surface area contributed by atoms with E-state index in [0.717, 1.165) is 25.0 Å². The second-order valence-electron chi connectivity index (χ2n) is 4.48. The number of nitrogens with one attached hydrogen (secondary N) is 1. The lowest BCUT2D eigenvalue weighted by atomic mass is 10.1. The van der Waals surface area contributed by atoms with Gasteiger partial charge in [-0.05, 0) is 24.6 Å². The third kappa shape index (κ3) is 4.62. The van der Waals surface area contributed by atoms with Crippen LogP contribution in [0.15, 0.2) is 18.2 Å². The van der Waals surface area contributed by atoms with E-state index in [2.05, 4.69) is 10.1 Å². The van der Waals surface area contributed by atoms with Crippen molar-refractivity contribution in [1.82, 2.24) is 0 Å². The van der Waals surface area contributed by atoms with Crippen LogP contribution >= 0.6 is 0 Å². The van der Waals surface area contributed by atoms with Crippen molar-refractivity contribution < 1.29 is 18.7 Å². The van der Waals surface area contributed by atoms with Gasteiger partial charge >= 0.3 is 5.97 Å². The molecule has 0 saturated heterocycles. The molecular formula is C14H19FN2O3. The Hall–Kier alpha value is -1.95. The molecule has 0 fully saturated rings. The van der Waals surface area contributed by atoms with Gasteiger partial charge in [0.25, 0.3) is 0 Å². The Kier molecular flexibility index (Phi) is 6.11. The van der Waals surface area contributed by atoms with Gasteiger partial charge in [-0.15, -0.1) is 0 Å². The van der Waals surface area contributed by atoms with Gasteiger partial charge in [0.05, 0.1) is 18.4 Å². The highest BCUT2D eigenvalue weighted by Gasteiger charge is 2.16. The summed E-state index contributed by atoms with van der Waals surface area (Å²) in [6, 6.07) is 3.27. The third-order valence-corrected chi connectivity index (χ3v) is 2.77. The lowest BCUT2D eigenvalue weighted by molar-refractivity contribution is -0.116. The summed E-state index contributed by atoms with van der Waals surface area (Å²) in [5.74, 6) is -1.61. The van der Waals surface area contributed by atoms with E-state index >= 15 is 0 Å². The molecule has 3 N–H and O–H groups in total. The van der Waals surface area contributed by atoms with Crippen LogP contribution < -0.4 is 11.1 Å². The predicted molar refractivity (Wildman–Crippen MR) is 73.9 cm³/mol. The van der Waals surface area contributed by atoms with Gasteiger partial charge in [-0.25, -0.2) is 9.18 Å². The number of halogens is 1. The van der Waals surface area contributed by atoms with E-state index in [-0.39, 0.29) is 29.6 Å². The van der Waals surface area contributed by atoms with Crippen LogP contribution in [-0.2, 0) is 9.53 Å². The Bertz CT molecular complexity index is 491. The van der Waals surface area contributed by atoms with Crippen LogP contribution in [0, 0.1) is 5.82 Å². The van der Waals surface area contributed by atoms with E-state index in [0.29, 0.717) is 0 Å². The number of methoxy groups -OCH3 is 1. The zero-order chi connectivity index (χ0) is 15.1. The highest BCUT2D eigenvalue weighted by atomic mass is 19.1. The first kappa shape index (κ1) is 16.1. The number of rotatable bonds is 6. The lowest BCUT2D eigenvalue weighted by Crippen LogP contribution is -2.27. The zero-order valence-electron chi connectivity index (χ0n) is 11.6. The molecule has 1 unspecified atom stereocenters. The van der Waals surface area contributed by atoms with Crippen LogP contribution in [0.2, 0.25) is 0 Å². The number of hydrogen-bond acceptors (Lipinski definition) is 4. The predicted octanol–water partition coefficient (Wildman–Crippen LogP) is 2.07. The molecular weight excluding hydrogens is 263 g/mol. The van der Waals surface area contributed by atoms with Crippen LogP contribution in [0.1, 0.15) is 36.5 Å². The van der Waals surface area contributed by atoms with Crippen molar-refractivity contribution in [2.24, 2.45) is 5.73 Å². The molecule has 20 heavy (non-hydrogen) atoms. The van der Waals surface area contributed by atoms with Gasteiger partial charge in [-0.1, -0.05) is 13.3 Å². The monoisotopic (exact) mass is 282 g/mol. The van der Waals surface area contributed by atoms with Crippen molar-refractivity contribution in [2.75, 3.05) is 12.4 Å².